The fraction of sp³-hybridized carbons (Fsp3) is 0.364. The number of amides is 3. The van der Waals surface area contributed by atoms with Gasteiger partial charge in [-0.15, -0.1) is 0 Å². The number of primary amides is 1. The smallest absolute Gasteiger partial charge is 0.319 e. The van der Waals surface area contributed by atoms with Gasteiger partial charge in [-0.25, -0.2) is 4.79 Å². The first kappa shape index (κ1) is 33.2. The van der Waals surface area contributed by atoms with E-state index in [-0.39, 0.29) is 41.9 Å². The molecule has 4 atom stereocenters. The number of nitrogens with one attached hydrogen (secondary N) is 2. The summed E-state index contributed by atoms with van der Waals surface area (Å²) in [6, 6.07) is 6.13. The van der Waals surface area contributed by atoms with E-state index in [1.807, 2.05) is 0 Å². The highest BCUT2D eigenvalue weighted by Gasteiger charge is 2.64. The van der Waals surface area contributed by atoms with Crippen LogP contribution in [-0.2, 0) is 27.3 Å². The number of aliphatic hydroxyl groups is 3. The van der Waals surface area contributed by atoms with Crippen LogP contribution in [0, 0.1) is 11.8 Å². The molecule has 0 spiro atoms. The number of phenolic OH excluding ortho intramolecular Hbond substituents is 1. The molecule has 14 nitrogen and oxygen atoms in total. The lowest BCUT2D eigenvalue weighted by atomic mass is 9.57. The second kappa shape index (κ2) is 11.9. The third-order valence-corrected chi connectivity index (χ3v) is 9.25. The third-order valence-electron chi connectivity index (χ3n) is 9.25. The van der Waals surface area contributed by atoms with Crippen molar-refractivity contribution in [3.8, 4) is 5.75 Å². The van der Waals surface area contributed by atoms with Crippen LogP contribution >= 0.6 is 0 Å². The number of phenols is 1. The molecule has 2 aromatic rings. The van der Waals surface area contributed by atoms with Gasteiger partial charge in [-0.2, -0.15) is 0 Å². The van der Waals surface area contributed by atoms with Crippen LogP contribution in [-0.4, -0.2) is 94.4 Å². The predicted molar refractivity (Wildman–Crippen MR) is 171 cm³/mol. The summed E-state index contributed by atoms with van der Waals surface area (Å²) in [6.45, 7) is 1.24. The standard InChI is InChI=1S/C33H37N5O9/c1-14(39)15-6-8-18(9-7-15)36-32(46)35-13-17-12-21(37(2)3)19-10-16-11-20-25(38(4)5)28(42)24(31(34)45)30(44)33(20,47)29(43)22(16)27(41)23(19)26(17)40/h6-9,12,16,20,25,40-41,44,47H,10-11,13H2,1-5H3,(H2,34,45)(H2,35,36,46)/t16-,20-,25-,33-/m0/s1. The number of anilines is 2. The zero-order chi connectivity index (χ0) is 34.7. The highest BCUT2D eigenvalue weighted by atomic mass is 16.3. The Kier molecular flexibility index (Phi) is 8.37. The van der Waals surface area contributed by atoms with Crippen molar-refractivity contribution in [3.05, 3.63) is 69.5 Å². The van der Waals surface area contributed by atoms with Gasteiger partial charge in [-0.05, 0) is 75.7 Å². The molecule has 47 heavy (non-hydrogen) atoms. The Morgan fingerprint density at radius 3 is 2.23 bits per heavy atom. The van der Waals surface area contributed by atoms with Gasteiger partial charge in [0.25, 0.3) is 5.91 Å². The lowest BCUT2D eigenvalue weighted by molar-refractivity contribution is -0.153. The average Bonchev–Trinajstić information content (AvgIpc) is 2.98. The van der Waals surface area contributed by atoms with Crippen LogP contribution in [0.2, 0.25) is 0 Å². The zero-order valence-corrected chi connectivity index (χ0v) is 26.5. The van der Waals surface area contributed by atoms with E-state index in [0.29, 0.717) is 22.5 Å². The number of urea groups is 1. The van der Waals surface area contributed by atoms with E-state index < -0.39 is 69.8 Å². The molecule has 1 fully saturated rings. The predicted octanol–water partition coefficient (Wildman–Crippen LogP) is 1.55. The Morgan fingerprint density at radius 2 is 1.68 bits per heavy atom. The Morgan fingerprint density at radius 1 is 1.04 bits per heavy atom. The molecule has 3 aliphatic rings. The van der Waals surface area contributed by atoms with E-state index in [9.17, 15) is 44.4 Å². The van der Waals surface area contributed by atoms with Gasteiger partial charge in [0, 0.05) is 54.6 Å². The second-order valence-corrected chi connectivity index (χ2v) is 12.6. The number of nitrogens with two attached hydrogens (primary N) is 1. The van der Waals surface area contributed by atoms with Gasteiger partial charge in [0.05, 0.1) is 11.6 Å². The molecule has 8 N–H and O–H groups in total. The fourth-order valence-corrected chi connectivity index (χ4v) is 7.02. The number of nitrogens with zero attached hydrogens (tertiary/aromatic N) is 2. The van der Waals surface area contributed by atoms with Gasteiger partial charge in [0.1, 0.15) is 22.8 Å². The minimum Gasteiger partial charge on any atom is -0.508 e. The van der Waals surface area contributed by atoms with Crippen molar-refractivity contribution in [2.75, 3.05) is 38.4 Å². The van der Waals surface area contributed by atoms with Crippen LogP contribution in [0.25, 0.3) is 5.76 Å². The Labute approximate surface area is 270 Å². The highest BCUT2D eigenvalue weighted by molar-refractivity contribution is 6.24. The number of Topliss-reactive ketones (excluding diaryl/α,β-unsaturated/α-hetero) is 3. The van der Waals surface area contributed by atoms with Gasteiger partial charge >= 0.3 is 6.03 Å². The van der Waals surface area contributed by atoms with Crippen LogP contribution in [0.1, 0.15) is 40.4 Å². The van der Waals surface area contributed by atoms with Crippen LogP contribution in [0.15, 0.2) is 47.2 Å². The van der Waals surface area contributed by atoms with Crippen molar-refractivity contribution in [2.45, 2.75) is 38.0 Å². The van der Waals surface area contributed by atoms with Crippen molar-refractivity contribution >= 4 is 46.4 Å². The average molecular weight is 648 g/mol. The van der Waals surface area contributed by atoms with Crippen LogP contribution in [0.4, 0.5) is 16.2 Å². The number of hydrogen-bond acceptors (Lipinski definition) is 11. The van der Waals surface area contributed by atoms with Crippen molar-refractivity contribution in [1.82, 2.24) is 10.2 Å². The zero-order valence-electron chi connectivity index (χ0n) is 26.5. The minimum atomic E-state index is -2.75. The first-order valence-corrected chi connectivity index (χ1v) is 14.9. The van der Waals surface area contributed by atoms with Gasteiger partial charge in [0.15, 0.2) is 17.2 Å². The lowest BCUT2D eigenvalue weighted by Crippen LogP contribution is -2.65. The van der Waals surface area contributed by atoms with Crippen LogP contribution < -0.4 is 21.3 Å². The quantitative estimate of drug-likeness (QED) is 0.169. The molecular weight excluding hydrogens is 610 g/mol. The Balaban J connectivity index is 1.54. The van der Waals surface area contributed by atoms with Gasteiger partial charge in [0.2, 0.25) is 5.78 Å². The van der Waals surface area contributed by atoms with Crippen molar-refractivity contribution in [1.29, 1.82) is 0 Å². The second-order valence-electron chi connectivity index (χ2n) is 12.6. The number of aliphatic hydroxyl groups excluding tert-OH is 2. The summed E-state index contributed by atoms with van der Waals surface area (Å²) in [5.41, 5.74) is 3.60. The van der Waals surface area contributed by atoms with Crippen molar-refractivity contribution < 1.29 is 44.4 Å². The molecule has 0 unspecified atom stereocenters. The van der Waals surface area contributed by atoms with Crippen LogP contribution in [0.3, 0.4) is 0 Å². The summed E-state index contributed by atoms with van der Waals surface area (Å²) in [4.78, 5) is 67.0. The first-order chi connectivity index (χ1) is 22.0. The van der Waals surface area contributed by atoms with E-state index in [2.05, 4.69) is 10.6 Å². The molecule has 1 saturated carbocycles. The molecule has 0 saturated heterocycles. The van der Waals surface area contributed by atoms with Gasteiger partial charge in [-0.3, -0.25) is 24.1 Å². The molecule has 3 aliphatic carbocycles. The maximum absolute atomic E-state index is 14.1. The third kappa shape index (κ3) is 5.28. The monoisotopic (exact) mass is 647 g/mol. The fourth-order valence-electron chi connectivity index (χ4n) is 7.02. The Hall–Kier alpha value is -5.21. The van der Waals surface area contributed by atoms with Crippen molar-refractivity contribution in [3.63, 3.8) is 0 Å². The molecule has 0 aliphatic heterocycles. The summed E-state index contributed by atoms with van der Waals surface area (Å²) >= 11 is 0. The van der Waals surface area contributed by atoms with E-state index >= 15 is 0 Å². The SMILES string of the molecule is CC(=O)c1ccc(NC(=O)NCc2cc(N(C)C)c3c(c2O)C(O)=C2C(=O)[C@]4(O)C(O)=C(C(N)=O)C(=O)[C@@H](N(C)C)[C@@H]4C[C@@H]2C3)cc1. The van der Waals surface area contributed by atoms with E-state index in [4.69, 9.17) is 5.73 Å². The number of carbonyl (C=O) groups excluding carboxylic acids is 5. The number of fused-ring (bicyclic) bond motifs is 3. The highest BCUT2D eigenvalue weighted by Crippen LogP contribution is 2.54. The molecule has 5 rings (SSSR count). The number of aromatic hydroxyl groups is 1. The summed E-state index contributed by atoms with van der Waals surface area (Å²) in [5.74, 6) is -7.47. The minimum absolute atomic E-state index is 0.0315. The maximum atomic E-state index is 14.1. The molecule has 0 aromatic heterocycles. The van der Waals surface area contributed by atoms with E-state index in [0.717, 1.165) is 0 Å². The molecular formula is C33H37N5O9. The van der Waals surface area contributed by atoms with Gasteiger partial charge < -0.3 is 41.7 Å². The summed E-state index contributed by atoms with van der Waals surface area (Å²) in [6.07, 6.45) is 0.0936. The molecule has 3 amide bonds. The van der Waals surface area contributed by atoms with Crippen LogP contribution in [0.5, 0.6) is 5.75 Å². The van der Waals surface area contributed by atoms with Gasteiger partial charge in [-0.1, -0.05) is 0 Å². The lowest BCUT2D eigenvalue weighted by Gasteiger charge is -2.50. The van der Waals surface area contributed by atoms with E-state index in [1.54, 1.807) is 49.3 Å². The molecule has 0 radical (unpaired) electrons. The molecule has 0 bridgehead atoms. The molecule has 0 heterocycles. The number of benzene rings is 2. The first-order valence-electron chi connectivity index (χ1n) is 14.9. The topological polar surface area (TPSA) is 223 Å². The summed E-state index contributed by atoms with van der Waals surface area (Å²) in [5, 5.41) is 51.2. The van der Waals surface area contributed by atoms with Crippen molar-refractivity contribution in [2.24, 2.45) is 17.6 Å². The number of ketones is 3. The number of carbonyl (C=O) groups is 5. The van der Waals surface area contributed by atoms with E-state index in [1.165, 1.54) is 25.9 Å². The largest absolute Gasteiger partial charge is 0.508 e. The summed E-state index contributed by atoms with van der Waals surface area (Å²) < 4.78 is 0. The normalized spacial score (nSPS) is 23.6. The molecule has 2 aromatic carbocycles. The maximum Gasteiger partial charge on any atom is 0.319 e. The number of rotatable bonds is 7. The molecule has 14 heteroatoms. The molecule has 248 valence electrons. The Bertz CT molecular complexity index is 1790. The number of hydrogen-bond donors (Lipinski definition) is 7. The number of likely N-dealkylation sites (N-methyl/N-ethyl adjacent to an activating group) is 1. The summed E-state index contributed by atoms with van der Waals surface area (Å²) in [7, 11) is 6.57.